The van der Waals surface area contributed by atoms with Crippen LogP contribution in [0, 0.1) is 19.8 Å². The van der Waals surface area contributed by atoms with Gasteiger partial charge in [0.1, 0.15) is 5.75 Å². The van der Waals surface area contributed by atoms with Gasteiger partial charge in [-0.1, -0.05) is 19.9 Å². The van der Waals surface area contributed by atoms with Crippen molar-refractivity contribution in [2.75, 3.05) is 14.2 Å². The predicted molar refractivity (Wildman–Crippen MR) is 76.7 cm³/mol. The Kier molecular flexibility index (Phi) is 5.40. The van der Waals surface area contributed by atoms with Crippen LogP contribution in [-0.2, 0) is 9.53 Å². The molecule has 0 aliphatic heterocycles. The van der Waals surface area contributed by atoms with Crippen LogP contribution in [0.15, 0.2) is 12.1 Å². The molecule has 0 aliphatic rings. The van der Waals surface area contributed by atoms with Crippen LogP contribution in [0.1, 0.15) is 42.9 Å². The van der Waals surface area contributed by atoms with Gasteiger partial charge >= 0.3 is 5.97 Å². The number of benzene rings is 1. The van der Waals surface area contributed by atoms with E-state index in [0.717, 1.165) is 11.3 Å². The normalized spacial score (nSPS) is 12.4. The summed E-state index contributed by atoms with van der Waals surface area (Å²) in [7, 11) is 3.10. The summed E-state index contributed by atoms with van der Waals surface area (Å²) in [6.45, 7) is 8.37. The molecule has 3 nitrogen and oxygen atoms in total. The van der Waals surface area contributed by atoms with Crippen LogP contribution in [0.3, 0.4) is 0 Å². The molecule has 0 N–H and O–H groups in total. The van der Waals surface area contributed by atoms with Gasteiger partial charge in [-0.2, -0.15) is 0 Å². The maximum atomic E-state index is 11.6. The molecule has 0 fully saturated rings. The highest BCUT2D eigenvalue weighted by Crippen LogP contribution is 2.36. The van der Waals surface area contributed by atoms with Crippen molar-refractivity contribution in [3.8, 4) is 5.75 Å². The van der Waals surface area contributed by atoms with Gasteiger partial charge in [0, 0.05) is 5.92 Å². The number of hydrogen-bond donors (Lipinski definition) is 0. The molecule has 1 aromatic carbocycles. The predicted octanol–water partition coefficient (Wildman–Crippen LogP) is 3.61. The largest absolute Gasteiger partial charge is 0.496 e. The molecule has 106 valence electrons. The van der Waals surface area contributed by atoms with Crippen LogP contribution < -0.4 is 4.74 Å². The molecule has 0 spiro atoms. The van der Waals surface area contributed by atoms with Crippen LogP contribution >= 0.6 is 0 Å². The Morgan fingerprint density at radius 1 is 1.16 bits per heavy atom. The number of hydrogen-bond acceptors (Lipinski definition) is 3. The third-order valence-electron chi connectivity index (χ3n) is 3.66. The van der Waals surface area contributed by atoms with Crippen molar-refractivity contribution in [2.45, 2.75) is 40.0 Å². The van der Waals surface area contributed by atoms with Gasteiger partial charge in [0.05, 0.1) is 20.6 Å². The second kappa shape index (κ2) is 6.60. The van der Waals surface area contributed by atoms with Crippen molar-refractivity contribution in [2.24, 2.45) is 5.92 Å². The number of carbonyl (C=O) groups is 1. The minimum atomic E-state index is -0.181. The van der Waals surface area contributed by atoms with E-state index in [9.17, 15) is 4.79 Å². The van der Waals surface area contributed by atoms with Crippen LogP contribution in [-0.4, -0.2) is 20.2 Å². The molecule has 1 aromatic rings. The molecule has 1 atom stereocenters. The first-order valence-corrected chi connectivity index (χ1v) is 6.62. The Bertz CT molecular complexity index is 450. The van der Waals surface area contributed by atoms with Gasteiger partial charge in [-0.15, -0.1) is 0 Å². The minimum Gasteiger partial charge on any atom is -0.496 e. The number of esters is 1. The Labute approximate surface area is 115 Å². The molecule has 0 radical (unpaired) electrons. The average Bonchev–Trinajstić information content (AvgIpc) is 2.38. The zero-order valence-electron chi connectivity index (χ0n) is 12.7. The number of aryl methyl sites for hydroxylation is 2. The van der Waals surface area contributed by atoms with E-state index in [2.05, 4.69) is 33.8 Å². The fraction of sp³-hybridized carbons (Fsp3) is 0.562. The first-order valence-electron chi connectivity index (χ1n) is 6.62. The van der Waals surface area contributed by atoms with Gasteiger partial charge in [0.25, 0.3) is 0 Å². The number of rotatable bonds is 5. The van der Waals surface area contributed by atoms with Gasteiger partial charge in [0.15, 0.2) is 0 Å². The van der Waals surface area contributed by atoms with Crippen LogP contribution in [0.25, 0.3) is 0 Å². The third-order valence-corrected chi connectivity index (χ3v) is 3.66. The molecule has 0 amide bonds. The molecule has 0 saturated heterocycles. The summed E-state index contributed by atoms with van der Waals surface area (Å²) in [4.78, 5) is 11.6. The summed E-state index contributed by atoms with van der Waals surface area (Å²) in [6.07, 6.45) is 0.382. The molecule has 0 saturated carbocycles. The third kappa shape index (κ3) is 3.72. The summed E-state index contributed by atoms with van der Waals surface area (Å²) in [5.41, 5.74) is 3.50. The Morgan fingerprint density at radius 3 is 2.21 bits per heavy atom. The Balaban J connectivity index is 3.21. The van der Waals surface area contributed by atoms with Crippen LogP contribution in [0.4, 0.5) is 0 Å². The average molecular weight is 264 g/mol. The molecule has 3 heteroatoms. The Hall–Kier alpha value is -1.51. The molecule has 0 aliphatic carbocycles. The van der Waals surface area contributed by atoms with E-state index in [1.165, 1.54) is 18.2 Å². The fourth-order valence-electron chi connectivity index (χ4n) is 2.25. The van der Waals surface area contributed by atoms with Crippen molar-refractivity contribution >= 4 is 5.97 Å². The van der Waals surface area contributed by atoms with E-state index < -0.39 is 0 Å². The van der Waals surface area contributed by atoms with E-state index in [0.29, 0.717) is 12.3 Å². The summed E-state index contributed by atoms with van der Waals surface area (Å²) < 4.78 is 10.3. The van der Waals surface area contributed by atoms with E-state index in [1.807, 2.05) is 6.07 Å². The lowest BCUT2D eigenvalue weighted by Crippen LogP contribution is -2.15. The van der Waals surface area contributed by atoms with Crippen LogP contribution in [0.5, 0.6) is 5.75 Å². The zero-order chi connectivity index (χ0) is 14.6. The second-order valence-corrected chi connectivity index (χ2v) is 5.31. The van der Waals surface area contributed by atoms with Crippen molar-refractivity contribution in [1.29, 1.82) is 0 Å². The topological polar surface area (TPSA) is 35.5 Å². The molecule has 1 rings (SSSR count). The van der Waals surface area contributed by atoms with Crippen molar-refractivity contribution in [1.82, 2.24) is 0 Å². The monoisotopic (exact) mass is 264 g/mol. The minimum absolute atomic E-state index is 0.113. The maximum Gasteiger partial charge on any atom is 0.306 e. The van der Waals surface area contributed by atoms with Gasteiger partial charge in [-0.25, -0.2) is 0 Å². The summed E-state index contributed by atoms with van der Waals surface area (Å²) in [5.74, 6) is 1.13. The molecule has 19 heavy (non-hydrogen) atoms. The number of carbonyl (C=O) groups excluding carboxylic acids is 1. The zero-order valence-corrected chi connectivity index (χ0v) is 12.7. The van der Waals surface area contributed by atoms with Crippen molar-refractivity contribution < 1.29 is 14.3 Å². The first-order chi connectivity index (χ1) is 8.90. The smallest absolute Gasteiger partial charge is 0.306 e. The van der Waals surface area contributed by atoms with E-state index in [-0.39, 0.29) is 11.9 Å². The van der Waals surface area contributed by atoms with Gasteiger partial charge in [-0.3, -0.25) is 4.79 Å². The standard InChI is InChI=1S/C16H24O3/c1-10(2)13(9-16(17)19-6)14-7-11(3)12(4)8-15(14)18-5/h7-8,10,13H,9H2,1-6H3. The SMILES string of the molecule is COC(=O)CC(c1cc(C)c(C)cc1OC)C(C)C. The molecule has 0 bridgehead atoms. The highest BCUT2D eigenvalue weighted by atomic mass is 16.5. The summed E-state index contributed by atoms with van der Waals surface area (Å²) in [5, 5.41) is 0. The molecule has 1 unspecified atom stereocenters. The lowest BCUT2D eigenvalue weighted by atomic mass is 9.84. The molecular formula is C16H24O3. The molecular weight excluding hydrogens is 240 g/mol. The highest BCUT2D eigenvalue weighted by Gasteiger charge is 2.23. The maximum absolute atomic E-state index is 11.6. The van der Waals surface area contributed by atoms with E-state index >= 15 is 0 Å². The lowest BCUT2D eigenvalue weighted by molar-refractivity contribution is -0.141. The second-order valence-electron chi connectivity index (χ2n) is 5.31. The first kappa shape index (κ1) is 15.5. The van der Waals surface area contributed by atoms with Gasteiger partial charge < -0.3 is 9.47 Å². The fourth-order valence-corrected chi connectivity index (χ4v) is 2.25. The van der Waals surface area contributed by atoms with Crippen LogP contribution in [0.2, 0.25) is 0 Å². The lowest BCUT2D eigenvalue weighted by Gasteiger charge is -2.23. The van der Waals surface area contributed by atoms with Gasteiger partial charge in [-0.05, 0) is 42.5 Å². The van der Waals surface area contributed by atoms with Gasteiger partial charge in [0.2, 0.25) is 0 Å². The van der Waals surface area contributed by atoms with Crippen molar-refractivity contribution in [3.05, 3.63) is 28.8 Å². The molecule has 0 aromatic heterocycles. The van der Waals surface area contributed by atoms with Crippen molar-refractivity contribution in [3.63, 3.8) is 0 Å². The van der Waals surface area contributed by atoms with E-state index in [4.69, 9.17) is 9.47 Å². The summed E-state index contributed by atoms with van der Waals surface area (Å²) >= 11 is 0. The number of methoxy groups -OCH3 is 2. The highest BCUT2D eigenvalue weighted by molar-refractivity contribution is 5.70. The molecule has 0 heterocycles. The Morgan fingerprint density at radius 2 is 1.74 bits per heavy atom. The van der Waals surface area contributed by atoms with E-state index in [1.54, 1.807) is 7.11 Å². The quantitative estimate of drug-likeness (QED) is 0.762. The number of ether oxygens (including phenoxy) is 2. The summed E-state index contributed by atoms with van der Waals surface area (Å²) in [6, 6.07) is 4.17.